The molecule has 21 heavy (non-hydrogen) atoms. The van der Waals surface area contributed by atoms with Gasteiger partial charge in [-0.05, 0) is 31.0 Å². The predicted octanol–water partition coefficient (Wildman–Crippen LogP) is 0.789. The van der Waals surface area contributed by atoms with Gasteiger partial charge in [-0.2, -0.15) is 0 Å². The Morgan fingerprint density at radius 1 is 1.43 bits per heavy atom. The number of sulfonamides is 1. The van der Waals surface area contributed by atoms with Gasteiger partial charge in [-0.3, -0.25) is 9.63 Å². The highest BCUT2D eigenvalue weighted by atomic mass is 32.2. The lowest BCUT2D eigenvalue weighted by Crippen LogP contribution is -2.44. The number of amides is 1. The third-order valence-corrected chi connectivity index (χ3v) is 5.66. The second kappa shape index (κ2) is 4.97. The van der Waals surface area contributed by atoms with E-state index in [0.717, 1.165) is 29.5 Å². The van der Waals surface area contributed by atoms with Crippen LogP contribution in [0, 0.1) is 0 Å². The van der Waals surface area contributed by atoms with E-state index in [2.05, 4.69) is 5.32 Å². The fraction of sp³-hybridized carbons (Fsp3) is 0.462. The van der Waals surface area contributed by atoms with Crippen LogP contribution in [0.1, 0.15) is 12.8 Å². The van der Waals surface area contributed by atoms with Gasteiger partial charge in [-0.25, -0.2) is 8.42 Å². The fourth-order valence-electron chi connectivity index (χ4n) is 2.82. The molecule has 1 N–H and O–H groups in total. The van der Waals surface area contributed by atoms with Crippen LogP contribution in [0.4, 0.5) is 11.4 Å². The Morgan fingerprint density at radius 2 is 2.19 bits per heavy atom. The molecule has 1 saturated heterocycles. The Labute approximate surface area is 123 Å². The van der Waals surface area contributed by atoms with E-state index in [1.165, 1.54) is 26.3 Å². The molecular weight excluding hydrogens is 294 g/mol. The number of carbonyl (C=O) groups is 1. The highest BCUT2D eigenvalue weighted by Crippen LogP contribution is 2.38. The molecule has 0 radical (unpaired) electrons. The molecule has 0 aromatic heterocycles. The maximum atomic E-state index is 12.2. The summed E-state index contributed by atoms with van der Waals surface area (Å²) < 4.78 is 25.3. The summed E-state index contributed by atoms with van der Waals surface area (Å²) in [5, 5.41) is 2.80. The van der Waals surface area contributed by atoms with Crippen LogP contribution >= 0.6 is 0 Å². The number of rotatable bonds is 3. The summed E-state index contributed by atoms with van der Waals surface area (Å²) >= 11 is 0. The quantitative estimate of drug-likeness (QED) is 0.835. The maximum absolute atomic E-state index is 12.2. The van der Waals surface area contributed by atoms with Crippen LogP contribution in [0.2, 0.25) is 0 Å². The van der Waals surface area contributed by atoms with Crippen LogP contribution < -0.4 is 10.2 Å². The Balaban J connectivity index is 2.03. The van der Waals surface area contributed by atoms with E-state index >= 15 is 0 Å². The van der Waals surface area contributed by atoms with E-state index in [0.29, 0.717) is 5.69 Å². The molecule has 0 unspecified atom stereocenters. The van der Waals surface area contributed by atoms with E-state index in [4.69, 9.17) is 4.84 Å². The molecule has 2 heterocycles. The number of benzene rings is 1. The van der Waals surface area contributed by atoms with Crippen molar-refractivity contribution in [2.45, 2.75) is 23.8 Å². The number of nitrogens with zero attached hydrogens (tertiary/aromatic N) is 2. The first kappa shape index (κ1) is 14.3. The number of fused-ring (bicyclic) bond motifs is 3. The molecule has 1 fully saturated rings. The summed E-state index contributed by atoms with van der Waals surface area (Å²) in [5.41, 5.74) is 1.40. The molecule has 3 rings (SSSR count). The molecule has 2 aliphatic rings. The van der Waals surface area contributed by atoms with Crippen LogP contribution in [0.15, 0.2) is 23.1 Å². The van der Waals surface area contributed by atoms with E-state index < -0.39 is 10.0 Å². The van der Waals surface area contributed by atoms with Crippen molar-refractivity contribution in [1.29, 1.82) is 0 Å². The smallest absolute Gasteiger partial charge is 0.264 e. The summed E-state index contributed by atoms with van der Waals surface area (Å²) in [6.45, 7) is 0.815. The minimum absolute atomic E-state index is 0.0744. The SMILES string of the molecule is CON(C)S(=O)(=O)c1ccc2c(c1)NC(=O)[C@H]1CCCN21. The molecule has 2 aliphatic heterocycles. The lowest BCUT2D eigenvalue weighted by atomic mass is 10.1. The van der Waals surface area contributed by atoms with Gasteiger partial charge in [-0.15, -0.1) is 0 Å². The van der Waals surface area contributed by atoms with Crippen LogP contribution in [-0.4, -0.2) is 45.5 Å². The summed E-state index contributed by atoms with van der Waals surface area (Å²) in [4.78, 5) is 18.9. The molecule has 0 bridgehead atoms. The van der Waals surface area contributed by atoms with Gasteiger partial charge >= 0.3 is 0 Å². The molecule has 1 aromatic carbocycles. The molecule has 0 saturated carbocycles. The van der Waals surface area contributed by atoms with E-state index in [-0.39, 0.29) is 16.8 Å². The van der Waals surface area contributed by atoms with E-state index in [9.17, 15) is 13.2 Å². The van der Waals surface area contributed by atoms with Crippen LogP contribution in [-0.2, 0) is 19.7 Å². The monoisotopic (exact) mass is 311 g/mol. The first-order valence-corrected chi connectivity index (χ1v) is 8.14. The highest BCUT2D eigenvalue weighted by molar-refractivity contribution is 7.89. The summed E-state index contributed by atoms with van der Waals surface area (Å²) in [6, 6.07) is 4.62. The summed E-state index contributed by atoms with van der Waals surface area (Å²) in [7, 11) is -1.11. The van der Waals surface area contributed by atoms with Gasteiger partial charge in [0.1, 0.15) is 6.04 Å². The van der Waals surface area contributed by atoms with Gasteiger partial charge in [0.25, 0.3) is 10.0 Å². The normalized spacial score (nSPS) is 21.2. The molecule has 1 atom stereocenters. The van der Waals surface area contributed by atoms with E-state index in [1.54, 1.807) is 6.07 Å². The average Bonchev–Trinajstić information content (AvgIpc) is 2.96. The Hall–Kier alpha value is -1.64. The van der Waals surface area contributed by atoms with Crippen molar-refractivity contribution in [2.24, 2.45) is 0 Å². The lowest BCUT2D eigenvalue weighted by Gasteiger charge is -2.33. The van der Waals surface area contributed by atoms with Crippen LogP contribution in [0.3, 0.4) is 0 Å². The van der Waals surface area contributed by atoms with Crippen LogP contribution in [0.5, 0.6) is 0 Å². The molecule has 0 aliphatic carbocycles. The Morgan fingerprint density at radius 3 is 2.90 bits per heavy atom. The molecular formula is C13H17N3O4S. The molecule has 1 amide bonds. The summed E-state index contributed by atoms with van der Waals surface area (Å²) in [5.74, 6) is -0.0744. The van der Waals surface area contributed by atoms with Gasteiger partial charge < -0.3 is 10.2 Å². The number of hydrogen-bond acceptors (Lipinski definition) is 5. The van der Waals surface area contributed by atoms with Crippen molar-refractivity contribution in [3.05, 3.63) is 18.2 Å². The van der Waals surface area contributed by atoms with Crippen molar-refractivity contribution in [3.8, 4) is 0 Å². The third-order valence-electron chi connectivity index (χ3n) is 3.98. The third kappa shape index (κ3) is 2.19. The number of nitrogens with one attached hydrogen (secondary N) is 1. The predicted molar refractivity (Wildman–Crippen MR) is 77.4 cm³/mol. The zero-order valence-electron chi connectivity index (χ0n) is 11.9. The molecule has 0 spiro atoms. The van der Waals surface area contributed by atoms with Crippen molar-refractivity contribution >= 4 is 27.3 Å². The first-order valence-electron chi connectivity index (χ1n) is 6.70. The second-order valence-electron chi connectivity index (χ2n) is 5.12. The van der Waals surface area contributed by atoms with Gasteiger partial charge in [0.2, 0.25) is 5.91 Å². The van der Waals surface area contributed by atoms with Gasteiger partial charge in [0.15, 0.2) is 0 Å². The van der Waals surface area contributed by atoms with Gasteiger partial charge in [0, 0.05) is 13.6 Å². The molecule has 8 heteroatoms. The van der Waals surface area contributed by atoms with Crippen molar-refractivity contribution in [2.75, 3.05) is 30.9 Å². The number of carbonyl (C=O) groups excluding carboxylic acids is 1. The molecule has 1 aromatic rings. The van der Waals surface area contributed by atoms with E-state index in [1.807, 2.05) is 4.90 Å². The zero-order valence-corrected chi connectivity index (χ0v) is 12.7. The number of hydroxylamine groups is 1. The second-order valence-corrected chi connectivity index (χ2v) is 7.05. The van der Waals surface area contributed by atoms with Crippen molar-refractivity contribution in [3.63, 3.8) is 0 Å². The Kier molecular flexibility index (Phi) is 3.39. The largest absolute Gasteiger partial charge is 0.358 e. The topological polar surface area (TPSA) is 79.0 Å². The molecule has 7 nitrogen and oxygen atoms in total. The van der Waals surface area contributed by atoms with Gasteiger partial charge in [-0.1, -0.05) is 4.47 Å². The van der Waals surface area contributed by atoms with Crippen LogP contribution in [0.25, 0.3) is 0 Å². The first-order chi connectivity index (χ1) is 9.95. The Bertz CT molecular complexity index is 689. The minimum Gasteiger partial charge on any atom is -0.358 e. The number of anilines is 2. The van der Waals surface area contributed by atoms with Crippen molar-refractivity contribution in [1.82, 2.24) is 4.47 Å². The van der Waals surface area contributed by atoms with Gasteiger partial charge in [0.05, 0.1) is 23.4 Å². The minimum atomic E-state index is -3.72. The van der Waals surface area contributed by atoms with Crippen molar-refractivity contribution < 1.29 is 18.0 Å². The highest BCUT2D eigenvalue weighted by Gasteiger charge is 2.37. The average molecular weight is 311 g/mol. The summed E-state index contributed by atoms with van der Waals surface area (Å²) in [6.07, 6.45) is 1.79. The maximum Gasteiger partial charge on any atom is 0.264 e. The number of hydrogen-bond donors (Lipinski definition) is 1. The fourth-order valence-corrected chi connectivity index (χ4v) is 3.82. The lowest BCUT2D eigenvalue weighted by molar-refractivity contribution is -0.117. The zero-order chi connectivity index (χ0) is 15.2. The standard InChI is InChI=1S/C13H17N3O4S/c1-15(20-2)21(18,19)9-5-6-11-10(8-9)14-13(17)12-4-3-7-16(11)12/h5-6,8,12H,3-4,7H2,1-2H3,(H,14,17)/t12-/m1/s1. The molecule has 114 valence electrons.